The first-order valence-electron chi connectivity index (χ1n) is 5.67. The van der Waals surface area contributed by atoms with E-state index in [1.54, 1.807) is 23.6 Å². The normalized spacial score (nSPS) is 16.4. The number of hydrogen-bond donors (Lipinski definition) is 0. The number of nitrogens with zero attached hydrogens (tertiary/aromatic N) is 2. The Morgan fingerprint density at radius 3 is 2.19 bits per heavy atom. The van der Waals surface area contributed by atoms with E-state index in [4.69, 9.17) is 0 Å². The molecule has 0 aromatic heterocycles. The Labute approximate surface area is 101 Å². The summed E-state index contributed by atoms with van der Waals surface area (Å²) in [6, 6.07) is 0. The molecule has 0 N–H and O–H groups in total. The van der Waals surface area contributed by atoms with Crippen molar-refractivity contribution in [1.29, 1.82) is 0 Å². The van der Waals surface area contributed by atoms with Gasteiger partial charge in [-0.05, 0) is 18.4 Å². The van der Waals surface area contributed by atoms with E-state index in [0.29, 0.717) is 32.6 Å². The van der Waals surface area contributed by atoms with Gasteiger partial charge in [-0.2, -0.15) is 11.8 Å². The van der Waals surface area contributed by atoms with Gasteiger partial charge in [-0.1, -0.05) is 0 Å². The summed E-state index contributed by atoms with van der Waals surface area (Å²) in [5.74, 6) is 1.38. The molecule has 0 aromatic rings. The molecular formula is C11H20N2O2S. The summed E-state index contributed by atoms with van der Waals surface area (Å²) in [6.07, 6.45) is 3.64. The molecule has 0 unspecified atom stereocenters. The Balaban J connectivity index is 2.25. The molecule has 1 saturated heterocycles. The third-order valence-corrected chi connectivity index (χ3v) is 3.51. The molecule has 1 heterocycles. The second kappa shape index (κ2) is 6.78. The molecule has 5 heteroatoms. The van der Waals surface area contributed by atoms with Crippen LogP contribution in [0.3, 0.4) is 0 Å². The predicted octanol–water partition coefficient (Wildman–Crippen LogP) is 0.820. The third-order valence-electron chi connectivity index (χ3n) is 2.82. The number of thioether (sulfide) groups is 1. The largest absolute Gasteiger partial charge is 0.339 e. The number of hydrogen-bond acceptors (Lipinski definition) is 3. The standard InChI is InChI=1S/C11H20N2O2S/c1-10(14)12-5-7-13(8-6-12)11(15)4-3-9-16-2/h3-9H2,1-2H3. The van der Waals surface area contributed by atoms with Crippen molar-refractivity contribution in [2.45, 2.75) is 19.8 Å². The Morgan fingerprint density at radius 1 is 1.12 bits per heavy atom. The fourth-order valence-corrected chi connectivity index (χ4v) is 2.23. The minimum absolute atomic E-state index is 0.106. The van der Waals surface area contributed by atoms with E-state index in [0.717, 1.165) is 12.2 Å². The van der Waals surface area contributed by atoms with E-state index in [1.807, 2.05) is 4.90 Å². The van der Waals surface area contributed by atoms with Crippen LogP contribution in [-0.4, -0.2) is 59.8 Å². The molecule has 0 bridgehead atoms. The van der Waals surface area contributed by atoms with Crippen molar-refractivity contribution in [2.24, 2.45) is 0 Å². The SMILES string of the molecule is CSCCCC(=O)N1CCN(C(C)=O)CC1. The Hall–Kier alpha value is -0.710. The van der Waals surface area contributed by atoms with Gasteiger partial charge in [-0.15, -0.1) is 0 Å². The molecule has 1 fully saturated rings. The zero-order valence-corrected chi connectivity index (χ0v) is 10.9. The lowest BCUT2D eigenvalue weighted by molar-refractivity contribution is -0.138. The number of carbonyl (C=O) groups is 2. The zero-order chi connectivity index (χ0) is 12.0. The van der Waals surface area contributed by atoms with E-state index >= 15 is 0 Å². The topological polar surface area (TPSA) is 40.6 Å². The van der Waals surface area contributed by atoms with Gasteiger partial charge in [0.25, 0.3) is 0 Å². The van der Waals surface area contributed by atoms with Crippen molar-refractivity contribution in [1.82, 2.24) is 9.80 Å². The van der Waals surface area contributed by atoms with Gasteiger partial charge in [-0.3, -0.25) is 9.59 Å². The molecule has 1 aliphatic heterocycles. The highest BCUT2D eigenvalue weighted by Gasteiger charge is 2.21. The smallest absolute Gasteiger partial charge is 0.222 e. The highest BCUT2D eigenvalue weighted by molar-refractivity contribution is 7.98. The van der Waals surface area contributed by atoms with Crippen LogP contribution in [0.2, 0.25) is 0 Å². The average Bonchev–Trinajstić information content (AvgIpc) is 2.29. The molecule has 1 rings (SSSR count). The fourth-order valence-electron chi connectivity index (χ4n) is 1.80. The highest BCUT2D eigenvalue weighted by Crippen LogP contribution is 2.07. The molecule has 92 valence electrons. The van der Waals surface area contributed by atoms with Crippen molar-refractivity contribution in [3.63, 3.8) is 0 Å². The molecule has 4 nitrogen and oxygen atoms in total. The van der Waals surface area contributed by atoms with Gasteiger partial charge in [0.05, 0.1) is 0 Å². The molecule has 16 heavy (non-hydrogen) atoms. The van der Waals surface area contributed by atoms with Crippen molar-refractivity contribution in [3.05, 3.63) is 0 Å². The van der Waals surface area contributed by atoms with Gasteiger partial charge in [0, 0.05) is 39.5 Å². The summed E-state index contributed by atoms with van der Waals surface area (Å²) in [5, 5.41) is 0. The van der Waals surface area contributed by atoms with E-state index in [-0.39, 0.29) is 11.8 Å². The molecule has 0 atom stereocenters. The van der Waals surface area contributed by atoms with E-state index < -0.39 is 0 Å². The fraction of sp³-hybridized carbons (Fsp3) is 0.818. The summed E-state index contributed by atoms with van der Waals surface area (Å²) in [7, 11) is 0. The first-order chi connectivity index (χ1) is 7.65. The van der Waals surface area contributed by atoms with Gasteiger partial charge in [0.1, 0.15) is 0 Å². The molecule has 1 aliphatic rings. The van der Waals surface area contributed by atoms with Gasteiger partial charge in [0.2, 0.25) is 11.8 Å². The van der Waals surface area contributed by atoms with Gasteiger partial charge < -0.3 is 9.80 Å². The molecule has 2 amide bonds. The average molecular weight is 244 g/mol. The van der Waals surface area contributed by atoms with Gasteiger partial charge in [0.15, 0.2) is 0 Å². The van der Waals surface area contributed by atoms with Crippen LogP contribution in [0, 0.1) is 0 Å². The minimum atomic E-state index is 0.106. The molecule has 0 radical (unpaired) electrons. The zero-order valence-electron chi connectivity index (χ0n) is 10.1. The lowest BCUT2D eigenvalue weighted by Gasteiger charge is -2.34. The molecule has 0 spiro atoms. The van der Waals surface area contributed by atoms with Crippen LogP contribution >= 0.6 is 11.8 Å². The summed E-state index contributed by atoms with van der Waals surface area (Å²) in [4.78, 5) is 26.5. The first kappa shape index (κ1) is 13.4. The van der Waals surface area contributed by atoms with E-state index in [9.17, 15) is 9.59 Å². The van der Waals surface area contributed by atoms with Crippen molar-refractivity contribution in [2.75, 3.05) is 38.2 Å². The summed E-state index contributed by atoms with van der Waals surface area (Å²) < 4.78 is 0. The maximum absolute atomic E-state index is 11.8. The van der Waals surface area contributed by atoms with Crippen LogP contribution in [0.15, 0.2) is 0 Å². The third kappa shape index (κ3) is 4.04. The Bertz CT molecular complexity index is 250. The number of rotatable bonds is 4. The summed E-state index contributed by atoms with van der Waals surface area (Å²) in [6.45, 7) is 4.33. The van der Waals surface area contributed by atoms with Gasteiger partial charge in [-0.25, -0.2) is 0 Å². The first-order valence-corrected chi connectivity index (χ1v) is 7.06. The maximum Gasteiger partial charge on any atom is 0.222 e. The van der Waals surface area contributed by atoms with Crippen LogP contribution in [0.4, 0.5) is 0 Å². The van der Waals surface area contributed by atoms with Crippen molar-refractivity contribution >= 4 is 23.6 Å². The second-order valence-corrected chi connectivity index (χ2v) is 4.97. The van der Waals surface area contributed by atoms with Crippen LogP contribution in [0.5, 0.6) is 0 Å². The van der Waals surface area contributed by atoms with Crippen LogP contribution in [0.1, 0.15) is 19.8 Å². The molecule has 0 saturated carbocycles. The molecule has 0 aromatic carbocycles. The van der Waals surface area contributed by atoms with Crippen LogP contribution in [-0.2, 0) is 9.59 Å². The lowest BCUT2D eigenvalue weighted by atomic mass is 10.2. The van der Waals surface area contributed by atoms with Crippen LogP contribution in [0.25, 0.3) is 0 Å². The molecule has 0 aliphatic carbocycles. The number of amides is 2. The van der Waals surface area contributed by atoms with Crippen molar-refractivity contribution < 1.29 is 9.59 Å². The summed E-state index contributed by atoms with van der Waals surface area (Å²) in [5.41, 5.74) is 0. The van der Waals surface area contributed by atoms with E-state index in [1.165, 1.54) is 0 Å². The lowest BCUT2D eigenvalue weighted by Crippen LogP contribution is -2.50. The maximum atomic E-state index is 11.8. The predicted molar refractivity (Wildman–Crippen MR) is 66.5 cm³/mol. The molecular weight excluding hydrogens is 224 g/mol. The number of carbonyl (C=O) groups excluding carboxylic acids is 2. The van der Waals surface area contributed by atoms with Gasteiger partial charge >= 0.3 is 0 Å². The highest BCUT2D eigenvalue weighted by atomic mass is 32.2. The van der Waals surface area contributed by atoms with E-state index in [2.05, 4.69) is 6.26 Å². The Morgan fingerprint density at radius 2 is 1.69 bits per heavy atom. The minimum Gasteiger partial charge on any atom is -0.339 e. The number of piperazine rings is 1. The summed E-state index contributed by atoms with van der Waals surface area (Å²) >= 11 is 1.77. The Kier molecular flexibility index (Phi) is 5.66. The van der Waals surface area contributed by atoms with Crippen molar-refractivity contribution in [3.8, 4) is 0 Å². The quantitative estimate of drug-likeness (QED) is 0.688. The second-order valence-electron chi connectivity index (χ2n) is 3.98. The van der Waals surface area contributed by atoms with Crippen LogP contribution < -0.4 is 0 Å². The monoisotopic (exact) mass is 244 g/mol.